The summed E-state index contributed by atoms with van der Waals surface area (Å²) in [5, 5.41) is 3.42. The molecular formula is C14H19ClN2O3. The fraction of sp³-hybridized carbons (Fsp3) is 0.500. The van der Waals surface area contributed by atoms with Crippen LogP contribution < -0.4 is 14.8 Å². The van der Waals surface area contributed by atoms with Gasteiger partial charge < -0.3 is 19.7 Å². The maximum absolute atomic E-state index is 12.6. The van der Waals surface area contributed by atoms with Crippen molar-refractivity contribution in [1.29, 1.82) is 0 Å². The molecule has 2 atom stereocenters. The van der Waals surface area contributed by atoms with Gasteiger partial charge in [-0.05, 0) is 26.0 Å². The van der Waals surface area contributed by atoms with Crippen LogP contribution in [0.3, 0.4) is 0 Å². The summed E-state index contributed by atoms with van der Waals surface area (Å²) >= 11 is 0. The number of carbonyl (C=O) groups is 1. The summed E-state index contributed by atoms with van der Waals surface area (Å²) in [7, 11) is 0. The zero-order valence-corrected chi connectivity index (χ0v) is 12.4. The van der Waals surface area contributed by atoms with Gasteiger partial charge in [0.15, 0.2) is 11.5 Å². The van der Waals surface area contributed by atoms with E-state index in [0.29, 0.717) is 42.2 Å². The van der Waals surface area contributed by atoms with Crippen molar-refractivity contribution in [1.82, 2.24) is 10.2 Å². The van der Waals surface area contributed by atoms with Crippen LogP contribution in [-0.4, -0.2) is 42.8 Å². The highest BCUT2D eigenvalue weighted by molar-refractivity contribution is 5.98. The fourth-order valence-corrected chi connectivity index (χ4v) is 2.76. The third kappa shape index (κ3) is 2.69. The zero-order valence-electron chi connectivity index (χ0n) is 11.6. The third-order valence-electron chi connectivity index (χ3n) is 3.47. The van der Waals surface area contributed by atoms with E-state index in [1.54, 1.807) is 6.07 Å². The molecule has 6 heteroatoms. The van der Waals surface area contributed by atoms with Crippen LogP contribution >= 0.6 is 12.4 Å². The van der Waals surface area contributed by atoms with E-state index in [1.165, 1.54) is 0 Å². The number of halogens is 1. The summed E-state index contributed by atoms with van der Waals surface area (Å²) in [6.45, 7) is 5.80. The summed E-state index contributed by atoms with van der Waals surface area (Å²) in [5.41, 5.74) is 0.594. The van der Waals surface area contributed by atoms with Crippen molar-refractivity contribution in [2.45, 2.75) is 25.9 Å². The molecule has 0 spiro atoms. The molecule has 3 rings (SSSR count). The van der Waals surface area contributed by atoms with Crippen LogP contribution in [0.2, 0.25) is 0 Å². The first-order chi connectivity index (χ1) is 9.15. The Balaban J connectivity index is 0.00000147. The number of nitrogens with zero attached hydrogens (tertiary/aromatic N) is 1. The van der Waals surface area contributed by atoms with Crippen molar-refractivity contribution in [2.75, 3.05) is 19.9 Å². The van der Waals surface area contributed by atoms with Gasteiger partial charge in [-0.2, -0.15) is 0 Å². The molecule has 0 bridgehead atoms. The summed E-state index contributed by atoms with van der Waals surface area (Å²) in [6.07, 6.45) is 0. The Morgan fingerprint density at radius 1 is 1.25 bits per heavy atom. The standard InChI is InChI=1S/C14H18N2O3.ClH/c1-9-6-16(7-10(2)15-9)14(17)11-4-3-5-12-13(11)19-8-18-12;/h3-5,9-10,15H,6-8H2,1-2H3;1H. The molecule has 110 valence electrons. The van der Waals surface area contributed by atoms with Crippen molar-refractivity contribution in [3.05, 3.63) is 23.8 Å². The summed E-state index contributed by atoms with van der Waals surface area (Å²) in [4.78, 5) is 14.5. The highest BCUT2D eigenvalue weighted by atomic mass is 35.5. The van der Waals surface area contributed by atoms with Gasteiger partial charge in [-0.15, -0.1) is 12.4 Å². The van der Waals surface area contributed by atoms with E-state index in [4.69, 9.17) is 9.47 Å². The first kappa shape index (κ1) is 14.9. The Kier molecular flexibility index (Phi) is 4.40. The number of hydrogen-bond acceptors (Lipinski definition) is 4. The lowest BCUT2D eigenvalue weighted by Gasteiger charge is -2.36. The zero-order chi connectivity index (χ0) is 13.4. The molecule has 0 aliphatic carbocycles. The maximum Gasteiger partial charge on any atom is 0.257 e. The van der Waals surface area contributed by atoms with Gasteiger partial charge in [0.1, 0.15) is 0 Å². The van der Waals surface area contributed by atoms with Gasteiger partial charge in [0.25, 0.3) is 5.91 Å². The van der Waals surface area contributed by atoms with Gasteiger partial charge in [-0.3, -0.25) is 4.79 Å². The van der Waals surface area contributed by atoms with Crippen molar-refractivity contribution in [3.8, 4) is 11.5 Å². The molecule has 1 fully saturated rings. The van der Waals surface area contributed by atoms with Crippen LogP contribution in [0.5, 0.6) is 11.5 Å². The van der Waals surface area contributed by atoms with Crippen LogP contribution in [0.15, 0.2) is 18.2 Å². The number of nitrogens with one attached hydrogen (secondary N) is 1. The van der Waals surface area contributed by atoms with Crippen molar-refractivity contribution in [2.24, 2.45) is 0 Å². The van der Waals surface area contributed by atoms with Crippen LogP contribution in [-0.2, 0) is 0 Å². The molecule has 1 amide bonds. The monoisotopic (exact) mass is 298 g/mol. The number of piperazine rings is 1. The molecule has 20 heavy (non-hydrogen) atoms. The molecule has 1 aromatic carbocycles. The number of ether oxygens (including phenoxy) is 2. The average molecular weight is 299 g/mol. The molecule has 2 aliphatic heterocycles. The van der Waals surface area contributed by atoms with E-state index in [2.05, 4.69) is 19.2 Å². The number of hydrogen-bond donors (Lipinski definition) is 1. The second kappa shape index (κ2) is 5.89. The smallest absolute Gasteiger partial charge is 0.257 e. The SMILES string of the molecule is CC1CN(C(=O)c2cccc3c2OCO3)CC(C)N1.Cl. The van der Waals surface area contributed by atoms with E-state index < -0.39 is 0 Å². The van der Waals surface area contributed by atoms with Gasteiger partial charge in [-0.25, -0.2) is 0 Å². The summed E-state index contributed by atoms with van der Waals surface area (Å²) in [5.74, 6) is 1.25. The van der Waals surface area contributed by atoms with Crippen molar-refractivity contribution in [3.63, 3.8) is 0 Å². The predicted octanol–water partition coefficient (Wildman–Crippen LogP) is 1.66. The average Bonchev–Trinajstić information content (AvgIpc) is 2.84. The lowest BCUT2D eigenvalue weighted by Crippen LogP contribution is -2.55. The van der Waals surface area contributed by atoms with Crippen molar-refractivity contribution < 1.29 is 14.3 Å². The Labute approximate surface area is 124 Å². The number of rotatable bonds is 1. The number of fused-ring (bicyclic) bond motifs is 1. The lowest BCUT2D eigenvalue weighted by atomic mass is 10.1. The highest BCUT2D eigenvalue weighted by Crippen LogP contribution is 2.36. The van der Waals surface area contributed by atoms with Gasteiger partial charge in [-0.1, -0.05) is 6.07 Å². The Morgan fingerprint density at radius 2 is 1.95 bits per heavy atom. The van der Waals surface area contributed by atoms with Gasteiger partial charge in [0.2, 0.25) is 6.79 Å². The minimum absolute atomic E-state index is 0. The first-order valence-corrected chi connectivity index (χ1v) is 6.59. The lowest BCUT2D eigenvalue weighted by molar-refractivity contribution is 0.0669. The highest BCUT2D eigenvalue weighted by Gasteiger charge is 2.29. The maximum atomic E-state index is 12.6. The topological polar surface area (TPSA) is 50.8 Å². The molecule has 2 unspecified atom stereocenters. The van der Waals surface area contributed by atoms with Crippen LogP contribution in [0.1, 0.15) is 24.2 Å². The Hall–Kier alpha value is -1.46. The second-order valence-corrected chi connectivity index (χ2v) is 5.22. The second-order valence-electron chi connectivity index (χ2n) is 5.22. The van der Waals surface area contributed by atoms with E-state index >= 15 is 0 Å². The molecule has 1 saturated heterocycles. The summed E-state index contributed by atoms with van der Waals surface area (Å²) in [6, 6.07) is 6.06. The molecule has 1 aromatic rings. The van der Waals surface area contributed by atoms with E-state index in [0.717, 1.165) is 0 Å². The van der Waals surface area contributed by atoms with E-state index in [1.807, 2.05) is 17.0 Å². The molecule has 1 N–H and O–H groups in total. The molecule has 2 heterocycles. The number of benzene rings is 1. The largest absolute Gasteiger partial charge is 0.454 e. The number of carbonyl (C=O) groups excluding carboxylic acids is 1. The van der Waals surface area contributed by atoms with E-state index in [9.17, 15) is 4.79 Å². The first-order valence-electron chi connectivity index (χ1n) is 6.59. The summed E-state index contributed by atoms with van der Waals surface area (Å²) < 4.78 is 10.7. The van der Waals surface area contributed by atoms with Crippen LogP contribution in [0, 0.1) is 0 Å². The molecule has 0 saturated carbocycles. The molecule has 2 aliphatic rings. The Bertz CT molecular complexity index is 499. The quantitative estimate of drug-likeness (QED) is 0.857. The number of para-hydroxylation sites is 1. The van der Waals surface area contributed by atoms with Gasteiger partial charge in [0.05, 0.1) is 5.56 Å². The minimum Gasteiger partial charge on any atom is -0.454 e. The van der Waals surface area contributed by atoms with Crippen molar-refractivity contribution >= 4 is 18.3 Å². The Morgan fingerprint density at radius 3 is 2.65 bits per heavy atom. The molecular weight excluding hydrogens is 280 g/mol. The van der Waals surface area contributed by atoms with E-state index in [-0.39, 0.29) is 25.1 Å². The number of amides is 1. The third-order valence-corrected chi connectivity index (χ3v) is 3.47. The molecule has 5 nitrogen and oxygen atoms in total. The predicted molar refractivity (Wildman–Crippen MR) is 77.8 cm³/mol. The van der Waals surface area contributed by atoms with Crippen LogP contribution in [0.4, 0.5) is 0 Å². The minimum atomic E-state index is 0. The normalized spacial score (nSPS) is 24.2. The fourth-order valence-electron chi connectivity index (χ4n) is 2.76. The van der Waals surface area contributed by atoms with Gasteiger partial charge in [0, 0.05) is 25.2 Å². The molecule has 0 aromatic heterocycles. The molecule has 0 radical (unpaired) electrons. The van der Waals surface area contributed by atoms with Crippen LogP contribution in [0.25, 0.3) is 0 Å². The van der Waals surface area contributed by atoms with Gasteiger partial charge >= 0.3 is 0 Å².